The molecule has 0 atom stereocenters. The van der Waals surface area contributed by atoms with Crippen molar-refractivity contribution in [2.45, 2.75) is 11.5 Å². The van der Waals surface area contributed by atoms with Crippen LogP contribution in [0.4, 0.5) is 0 Å². The highest BCUT2D eigenvalue weighted by atomic mass is 35.5. The third-order valence-electron chi connectivity index (χ3n) is 1.21. The topological polar surface area (TPSA) is 20.2 Å². The summed E-state index contributed by atoms with van der Waals surface area (Å²) in [4.78, 5) is 0.770. The molecule has 54 valence electrons. The zero-order valence-corrected chi connectivity index (χ0v) is 6.86. The first kappa shape index (κ1) is 7.92. The third kappa shape index (κ3) is 1.66. The number of thiol groups is 1. The van der Waals surface area contributed by atoms with Gasteiger partial charge in [-0.1, -0.05) is 11.6 Å². The van der Waals surface area contributed by atoms with Crippen LogP contribution in [0.15, 0.2) is 23.1 Å². The summed E-state index contributed by atoms with van der Waals surface area (Å²) >= 11 is 9.76. The maximum Gasteiger partial charge on any atom is 0.0693 e. The van der Waals surface area contributed by atoms with Crippen LogP contribution < -0.4 is 0 Å². The highest BCUT2D eigenvalue weighted by molar-refractivity contribution is 7.80. The van der Waals surface area contributed by atoms with Gasteiger partial charge in [-0.05, 0) is 23.8 Å². The smallest absolute Gasteiger partial charge is 0.0693 e. The molecule has 1 aromatic carbocycles. The largest absolute Gasteiger partial charge is 0.392 e. The van der Waals surface area contributed by atoms with E-state index in [1.54, 1.807) is 18.2 Å². The minimum Gasteiger partial charge on any atom is -0.392 e. The fourth-order valence-corrected chi connectivity index (χ4v) is 1.09. The van der Waals surface area contributed by atoms with Gasteiger partial charge in [0, 0.05) is 9.92 Å². The summed E-state index contributed by atoms with van der Waals surface area (Å²) in [5, 5.41) is 9.36. The first-order chi connectivity index (χ1) is 4.74. The van der Waals surface area contributed by atoms with E-state index in [1.807, 2.05) is 0 Å². The average molecular weight is 175 g/mol. The molecule has 3 heteroatoms. The van der Waals surface area contributed by atoms with Crippen LogP contribution in [0.2, 0.25) is 5.02 Å². The summed E-state index contributed by atoms with van der Waals surface area (Å²) in [5.74, 6) is 0. The number of aliphatic hydroxyl groups excluding tert-OH is 1. The van der Waals surface area contributed by atoms with E-state index in [0.29, 0.717) is 5.02 Å². The van der Waals surface area contributed by atoms with Gasteiger partial charge in [0.15, 0.2) is 0 Å². The SMILES string of the molecule is OCc1cc(Cl)ccc1S. The van der Waals surface area contributed by atoms with Crippen molar-refractivity contribution in [3.63, 3.8) is 0 Å². The predicted octanol–water partition coefficient (Wildman–Crippen LogP) is 2.12. The van der Waals surface area contributed by atoms with Crippen molar-refractivity contribution in [3.05, 3.63) is 28.8 Å². The Morgan fingerprint density at radius 2 is 2.20 bits per heavy atom. The molecule has 0 saturated carbocycles. The Kier molecular flexibility index (Phi) is 2.60. The Bertz CT molecular complexity index is 237. The maximum absolute atomic E-state index is 8.74. The quantitative estimate of drug-likeness (QED) is 0.625. The molecular weight excluding hydrogens is 168 g/mol. The van der Waals surface area contributed by atoms with E-state index in [9.17, 15) is 0 Å². The number of benzene rings is 1. The van der Waals surface area contributed by atoms with Crippen LogP contribution in [0.3, 0.4) is 0 Å². The molecule has 0 fully saturated rings. The van der Waals surface area contributed by atoms with Gasteiger partial charge >= 0.3 is 0 Å². The van der Waals surface area contributed by atoms with E-state index in [1.165, 1.54) is 0 Å². The molecular formula is C7H7ClOS. The molecule has 1 aromatic rings. The summed E-state index contributed by atoms with van der Waals surface area (Å²) in [6, 6.07) is 5.20. The van der Waals surface area contributed by atoms with Gasteiger partial charge < -0.3 is 5.11 Å². The Labute approximate surface area is 70.0 Å². The minimum absolute atomic E-state index is 0.0145. The first-order valence-electron chi connectivity index (χ1n) is 2.82. The number of aliphatic hydroxyl groups is 1. The number of hydrogen-bond acceptors (Lipinski definition) is 2. The second-order valence-electron chi connectivity index (χ2n) is 1.93. The van der Waals surface area contributed by atoms with Crippen molar-refractivity contribution in [1.82, 2.24) is 0 Å². The zero-order valence-electron chi connectivity index (χ0n) is 5.21. The Balaban J connectivity index is 3.09. The summed E-state index contributed by atoms with van der Waals surface area (Å²) in [5.41, 5.74) is 0.760. The molecule has 1 rings (SSSR count). The molecule has 10 heavy (non-hydrogen) atoms. The van der Waals surface area contributed by atoms with Crippen LogP contribution in [-0.4, -0.2) is 5.11 Å². The lowest BCUT2D eigenvalue weighted by Crippen LogP contribution is -1.83. The summed E-state index contributed by atoms with van der Waals surface area (Å²) in [6.45, 7) is -0.0145. The molecule has 0 saturated heterocycles. The Hall–Kier alpha value is -0.180. The monoisotopic (exact) mass is 174 g/mol. The predicted molar refractivity (Wildman–Crippen MR) is 44.6 cm³/mol. The molecule has 1 N–H and O–H groups in total. The van der Waals surface area contributed by atoms with Gasteiger partial charge in [-0.25, -0.2) is 0 Å². The lowest BCUT2D eigenvalue weighted by molar-refractivity contribution is 0.279. The summed E-state index contributed by atoms with van der Waals surface area (Å²) in [6.07, 6.45) is 0. The molecule has 0 amide bonds. The molecule has 0 heterocycles. The van der Waals surface area contributed by atoms with Crippen molar-refractivity contribution >= 4 is 24.2 Å². The molecule has 0 aromatic heterocycles. The number of hydrogen-bond donors (Lipinski definition) is 2. The van der Waals surface area contributed by atoms with Crippen LogP contribution >= 0.6 is 24.2 Å². The molecule has 0 aliphatic carbocycles. The molecule has 0 spiro atoms. The van der Waals surface area contributed by atoms with Crippen molar-refractivity contribution in [3.8, 4) is 0 Å². The lowest BCUT2D eigenvalue weighted by Gasteiger charge is -1.99. The van der Waals surface area contributed by atoms with E-state index in [-0.39, 0.29) is 6.61 Å². The second-order valence-corrected chi connectivity index (χ2v) is 2.85. The standard InChI is InChI=1S/C7H7ClOS/c8-6-1-2-7(10)5(3-6)4-9/h1-3,9-10H,4H2. The molecule has 0 radical (unpaired) electrons. The van der Waals surface area contributed by atoms with Gasteiger partial charge in [-0.2, -0.15) is 0 Å². The van der Waals surface area contributed by atoms with Gasteiger partial charge in [0.25, 0.3) is 0 Å². The molecule has 0 unspecified atom stereocenters. The van der Waals surface area contributed by atoms with Crippen LogP contribution in [0, 0.1) is 0 Å². The van der Waals surface area contributed by atoms with Crippen LogP contribution in [-0.2, 0) is 6.61 Å². The number of rotatable bonds is 1. The van der Waals surface area contributed by atoms with Gasteiger partial charge in [0.1, 0.15) is 0 Å². The van der Waals surface area contributed by atoms with E-state index >= 15 is 0 Å². The maximum atomic E-state index is 8.74. The molecule has 0 aliphatic heterocycles. The van der Waals surface area contributed by atoms with E-state index < -0.39 is 0 Å². The van der Waals surface area contributed by atoms with Gasteiger partial charge in [0.05, 0.1) is 6.61 Å². The van der Waals surface area contributed by atoms with Crippen LogP contribution in [0.5, 0.6) is 0 Å². The summed E-state index contributed by atoms with van der Waals surface area (Å²) < 4.78 is 0. The van der Waals surface area contributed by atoms with Gasteiger partial charge in [0.2, 0.25) is 0 Å². The van der Waals surface area contributed by atoms with Crippen molar-refractivity contribution < 1.29 is 5.11 Å². The fourth-order valence-electron chi connectivity index (χ4n) is 0.681. The van der Waals surface area contributed by atoms with Crippen molar-refractivity contribution in [2.24, 2.45) is 0 Å². The lowest BCUT2D eigenvalue weighted by atomic mass is 10.2. The summed E-state index contributed by atoms with van der Waals surface area (Å²) in [7, 11) is 0. The molecule has 1 nitrogen and oxygen atoms in total. The van der Waals surface area contributed by atoms with Crippen LogP contribution in [0.25, 0.3) is 0 Å². The average Bonchev–Trinajstić information content (AvgIpc) is 1.94. The first-order valence-corrected chi connectivity index (χ1v) is 3.65. The second kappa shape index (κ2) is 3.28. The minimum atomic E-state index is -0.0145. The Morgan fingerprint density at radius 3 is 2.70 bits per heavy atom. The Morgan fingerprint density at radius 1 is 1.50 bits per heavy atom. The highest BCUT2D eigenvalue weighted by Crippen LogP contribution is 2.18. The van der Waals surface area contributed by atoms with E-state index in [4.69, 9.17) is 16.7 Å². The zero-order chi connectivity index (χ0) is 7.56. The van der Waals surface area contributed by atoms with Crippen molar-refractivity contribution in [2.75, 3.05) is 0 Å². The number of halogens is 1. The van der Waals surface area contributed by atoms with Gasteiger partial charge in [-0.15, -0.1) is 12.6 Å². The normalized spacial score (nSPS) is 9.90. The fraction of sp³-hybridized carbons (Fsp3) is 0.143. The van der Waals surface area contributed by atoms with Gasteiger partial charge in [-0.3, -0.25) is 0 Å². The van der Waals surface area contributed by atoms with Crippen LogP contribution in [0.1, 0.15) is 5.56 Å². The molecule has 0 bridgehead atoms. The van der Waals surface area contributed by atoms with Crippen molar-refractivity contribution in [1.29, 1.82) is 0 Å². The van der Waals surface area contributed by atoms with E-state index in [2.05, 4.69) is 12.6 Å². The molecule has 0 aliphatic rings. The highest BCUT2D eigenvalue weighted by Gasteiger charge is 1.96. The van der Waals surface area contributed by atoms with E-state index in [0.717, 1.165) is 10.5 Å². The third-order valence-corrected chi connectivity index (χ3v) is 1.88.